The molecule has 2 aromatic rings. The van der Waals surface area contributed by atoms with E-state index in [4.69, 9.17) is 11.1 Å². The molecule has 2 rings (SSSR count). The van der Waals surface area contributed by atoms with Gasteiger partial charge in [-0.25, -0.2) is 4.98 Å². The van der Waals surface area contributed by atoms with Gasteiger partial charge < -0.3 is 5.73 Å². The van der Waals surface area contributed by atoms with E-state index in [0.29, 0.717) is 11.5 Å². The van der Waals surface area contributed by atoms with E-state index in [2.05, 4.69) is 15.2 Å². The predicted molar refractivity (Wildman–Crippen MR) is 59.5 cm³/mol. The molecule has 0 saturated carbocycles. The first-order valence-electron chi connectivity index (χ1n) is 4.36. The van der Waals surface area contributed by atoms with Crippen LogP contribution in [0.3, 0.4) is 0 Å². The molecule has 5 heteroatoms. The van der Waals surface area contributed by atoms with Crippen LogP contribution in [0.2, 0.25) is 0 Å². The Kier molecular flexibility index (Phi) is 2.37. The second-order valence-electron chi connectivity index (χ2n) is 2.93. The Balaban J connectivity index is 2.61. The molecule has 5 nitrogen and oxygen atoms in total. The number of nitrogen functional groups attached to an aromatic ring is 1. The third-order valence-electron chi connectivity index (χ3n) is 1.96. The third kappa shape index (κ3) is 1.80. The Hall–Kier alpha value is -2.30. The van der Waals surface area contributed by atoms with Crippen LogP contribution in [0.25, 0.3) is 10.9 Å². The maximum absolute atomic E-state index is 6.74. The van der Waals surface area contributed by atoms with Gasteiger partial charge in [-0.3, -0.25) is 5.41 Å². The minimum atomic E-state index is 0.319. The molecule has 0 radical (unpaired) electrons. The number of hydrogen-bond acceptors (Lipinski definition) is 4. The van der Waals surface area contributed by atoms with Gasteiger partial charge in [0.15, 0.2) is 5.82 Å². The van der Waals surface area contributed by atoms with Crippen molar-refractivity contribution in [1.82, 2.24) is 4.98 Å². The molecule has 1 heterocycles. The zero-order valence-corrected chi connectivity index (χ0v) is 7.88. The van der Waals surface area contributed by atoms with Gasteiger partial charge in [0.1, 0.15) is 12.0 Å². The van der Waals surface area contributed by atoms with Gasteiger partial charge in [-0.15, -0.1) is 10.2 Å². The van der Waals surface area contributed by atoms with E-state index < -0.39 is 0 Å². The van der Waals surface area contributed by atoms with Gasteiger partial charge in [-0.05, 0) is 12.1 Å². The lowest BCUT2D eigenvalue weighted by molar-refractivity contribution is 1.26. The lowest BCUT2D eigenvalue weighted by Gasteiger charge is -2.00. The maximum atomic E-state index is 6.74. The lowest BCUT2D eigenvalue weighted by Crippen LogP contribution is -1.90. The van der Waals surface area contributed by atoms with Gasteiger partial charge >= 0.3 is 0 Å². The van der Waals surface area contributed by atoms with Gasteiger partial charge in [-0.2, -0.15) is 0 Å². The monoisotopic (exact) mass is 199 g/mol. The summed E-state index contributed by atoms with van der Waals surface area (Å²) in [5.41, 5.74) is 6.99. The van der Waals surface area contributed by atoms with Crippen LogP contribution in [-0.4, -0.2) is 11.3 Å². The molecular weight excluding hydrogens is 190 g/mol. The molecule has 0 aliphatic carbocycles. The number of nitrogens with two attached hydrogens (primary N) is 1. The van der Waals surface area contributed by atoms with Crippen molar-refractivity contribution in [3.05, 3.63) is 30.3 Å². The number of hydrogen-bond donors (Lipinski definition) is 2. The van der Waals surface area contributed by atoms with Gasteiger partial charge in [0.05, 0.1) is 5.52 Å². The van der Waals surface area contributed by atoms with Gasteiger partial charge in [0.2, 0.25) is 0 Å². The summed E-state index contributed by atoms with van der Waals surface area (Å²) in [4.78, 5) is 4.18. The standard InChI is InChI=1S/C10H9N5/c11-6-13-15-9-5-7-3-1-2-4-8(7)14-10(9)12/h1-6,11H,(H2,12,14). The van der Waals surface area contributed by atoms with E-state index >= 15 is 0 Å². The minimum Gasteiger partial charge on any atom is -0.382 e. The minimum absolute atomic E-state index is 0.319. The van der Waals surface area contributed by atoms with Crippen molar-refractivity contribution in [1.29, 1.82) is 5.41 Å². The number of fused-ring (bicyclic) bond motifs is 1. The van der Waals surface area contributed by atoms with Crippen LogP contribution in [-0.2, 0) is 0 Å². The van der Waals surface area contributed by atoms with Crippen molar-refractivity contribution in [2.75, 3.05) is 5.73 Å². The third-order valence-corrected chi connectivity index (χ3v) is 1.96. The van der Waals surface area contributed by atoms with Crippen molar-refractivity contribution in [3.8, 4) is 0 Å². The number of aromatic nitrogens is 1. The molecule has 0 amide bonds. The SMILES string of the molecule is N=CN=Nc1cc2ccccc2nc1N. The van der Waals surface area contributed by atoms with E-state index in [1.54, 1.807) is 6.07 Å². The van der Waals surface area contributed by atoms with E-state index in [1.165, 1.54) is 0 Å². The lowest BCUT2D eigenvalue weighted by atomic mass is 10.2. The fourth-order valence-corrected chi connectivity index (χ4v) is 1.29. The van der Waals surface area contributed by atoms with E-state index in [1.807, 2.05) is 24.3 Å². The fourth-order valence-electron chi connectivity index (χ4n) is 1.29. The molecule has 0 atom stereocenters. The number of nitrogens with zero attached hydrogens (tertiary/aromatic N) is 3. The van der Waals surface area contributed by atoms with Crippen LogP contribution in [0.15, 0.2) is 40.6 Å². The molecular formula is C10H9N5. The van der Waals surface area contributed by atoms with Crippen molar-refractivity contribution >= 4 is 28.7 Å². The highest BCUT2D eigenvalue weighted by Crippen LogP contribution is 2.25. The summed E-state index contributed by atoms with van der Waals surface area (Å²) in [7, 11) is 0. The molecule has 0 saturated heterocycles. The molecule has 1 aromatic heterocycles. The molecule has 15 heavy (non-hydrogen) atoms. The van der Waals surface area contributed by atoms with Crippen LogP contribution >= 0.6 is 0 Å². The van der Waals surface area contributed by atoms with Crippen molar-refractivity contribution in [2.45, 2.75) is 0 Å². The zero-order chi connectivity index (χ0) is 10.7. The molecule has 1 aromatic carbocycles. The van der Waals surface area contributed by atoms with Crippen molar-refractivity contribution in [2.24, 2.45) is 10.2 Å². The molecule has 0 aliphatic heterocycles. The maximum Gasteiger partial charge on any atom is 0.152 e. The number of anilines is 1. The van der Waals surface area contributed by atoms with Gasteiger partial charge in [0.25, 0.3) is 0 Å². The molecule has 0 bridgehead atoms. The predicted octanol–water partition coefficient (Wildman–Crippen LogP) is 2.51. The molecule has 0 aliphatic rings. The van der Waals surface area contributed by atoms with E-state index in [9.17, 15) is 0 Å². The average molecular weight is 199 g/mol. The average Bonchev–Trinajstić information content (AvgIpc) is 2.26. The molecule has 0 fully saturated rings. The zero-order valence-electron chi connectivity index (χ0n) is 7.88. The Labute approximate surface area is 86.2 Å². The molecule has 74 valence electrons. The van der Waals surface area contributed by atoms with Gasteiger partial charge in [0, 0.05) is 5.39 Å². The summed E-state index contributed by atoms with van der Waals surface area (Å²) in [6.07, 6.45) is 0.856. The Bertz CT molecular complexity index is 532. The highest BCUT2D eigenvalue weighted by molar-refractivity contribution is 5.84. The quantitative estimate of drug-likeness (QED) is 0.442. The summed E-state index contributed by atoms with van der Waals surface area (Å²) in [5.74, 6) is 0.319. The van der Waals surface area contributed by atoms with E-state index in [-0.39, 0.29) is 0 Å². The summed E-state index contributed by atoms with van der Waals surface area (Å²) < 4.78 is 0. The fraction of sp³-hybridized carbons (Fsp3) is 0. The van der Waals surface area contributed by atoms with Crippen molar-refractivity contribution in [3.63, 3.8) is 0 Å². The number of pyridine rings is 1. The number of para-hydroxylation sites is 1. The second-order valence-corrected chi connectivity index (χ2v) is 2.93. The van der Waals surface area contributed by atoms with Gasteiger partial charge in [-0.1, -0.05) is 18.2 Å². The Morgan fingerprint density at radius 3 is 2.93 bits per heavy atom. The number of nitrogens with one attached hydrogen (secondary N) is 1. The number of benzene rings is 1. The summed E-state index contributed by atoms with van der Waals surface area (Å²) >= 11 is 0. The molecule has 0 unspecified atom stereocenters. The smallest absolute Gasteiger partial charge is 0.152 e. The van der Waals surface area contributed by atoms with Crippen LogP contribution in [0, 0.1) is 5.41 Å². The normalized spacial score (nSPS) is 10.9. The summed E-state index contributed by atoms with van der Waals surface area (Å²) in [5, 5.41) is 14.9. The first-order chi connectivity index (χ1) is 7.31. The highest BCUT2D eigenvalue weighted by Gasteiger charge is 2.01. The topological polar surface area (TPSA) is 87.5 Å². The summed E-state index contributed by atoms with van der Waals surface area (Å²) in [6, 6.07) is 9.41. The molecule has 0 spiro atoms. The van der Waals surface area contributed by atoms with E-state index in [0.717, 1.165) is 17.2 Å². The first-order valence-corrected chi connectivity index (χ1v) is 4.36. The number of azo groups is 1. The number of rotatable bonds is 2. The van der Waals surface area contributed by atoms with Crippen LogP contribution in [0.5, 0.6) is 0 Å². The first kappa shape index (κ1) is 9.26. The molecule has 3 N–H and O–H groups in total. The summed E-state index contributed by atoms with van der Waals surface area (Å²) in [6.45, 7) is 0. The van der Waals surface area contributed by atoms with Crippen LogP contribution in [0.1, 0.15) is 0 Å². The Morgan fingerprint density at radius 1 is 1.33 bits per heavy atom. The highest BCUT2D eigenvalue weighted by atomic mass is 15.1. The Morgan fingerprint density at radius 2 is 2.13 bits per heavy atom. The van der Waals surface area contributed by atoms with Crippen LogP contribution in [0.4, 0.5) is 11.5 Å². The van der Waals surface area contributed by atoms with Crippen molar-refractivity contribution < 1.29 is 0 Å². The van der Waals surface area contributed by atoms with Crippen LogP contribution < -0.4 is 5.73 Å². The second kappa shape index (κ2) is 3.83. The largest absolute Gasteiger partial charge is 0.382 e.